The highest BCUT2D eigenvalue weighted by Gasteiger charge is 2.34. The van der Waals surface area contributed by atoms with Crippen molar-refractivity contribution in [2.45, 2.75) is 44.0 Å². The van der Waals surface area contributed by atoms with Gasteiger partial charge in [0.2, 0.25) is 5.88 Å². The van der Waals surface area contributed by atoms with Crippen LogP contribution in [0.2, 0.25) is 0 Å². The zero-order valence-corrected chi connectivity index (χ0v) is 11.2. The van der Waals surface area contributed by atoms with Crippen molar-refractivity contribution in [1.82, 2.24) is 4.98 Å². The SMILES string of the molecule is NC(=O)c1ccc(C(F)(F)F)nc1OC1CCCCC1N. The van der Waals surface area contributed by atoms with Gasteiger partial charge in [0.15, 0.2) is 0 Å². The van der Waals surface area contributed by atoms with Crippen LogP contribution in [0.15, 0.2) is 12.1 Å². The Morgan fingerprint density at radius 3 is 2.52 bits per heavy atom. The number of carbonyl (C=O) groups is 1. The minimum absolute atomic E-state index is 0.180. The maximum atomic E-state index is 12.7. The molecule has 116 valence electrons. The zero-order chi connectivity index (χ0) is 15.6. The van der Waals surface area contributed by atoms with Crippen LogP contribution >= 0.6 is 0 Å². The van der Waals surface area contributed by atoms with E-state index in [1.54, 1.807) is 0 Å². The summed E-state index contributed by atoms with van der Waals surface area (Å²) in [5.41, 5.74) is 9.72. The van der Waals surface area contributed by atoms with Gasteiger partial charge in [0.05, 0.1) is 0 Å². The third kappa shape index (κ3) is 3.63. The molecule has 2 unspecified atom stereocenters. The second-order valence-corrected chi connectivity index (χ2v) is 5.02. The normalized spacial score (nSPS) is 22.9. The minimum atomic E-state index is -4.62. The van der Waals surface area contributed by atoms with Gasteiger partial charge in [-0.05, 0) is 31.4 Å². The van der Waals surface area contributed by atoms with Gasteiger partial charge in [-0.25, -0.2) is 4.98 Å². The monoisotopic (exact) mass is 303 g/mol. The standard InChI is InChI=1S/C13H16F3N3O2/c14-13(15,16)10-6-5-7(11(18)20)12(19-10)21-9-4-2-1-3-8(9)17/h5-6,8-9H,1-4,17H2,(H2,18,20). The lowest BCUT2D eigenvalue weighted by atomic mass is 9.93. The number of ether oxygens (including phenoxy) is 1. The number of nitrogens with zero attached hydrogens (tertiary/aromatic N) is 1. The van der Waals surface area contributed by atoms with Gasteiger partial charge in [-0.3, -0.25) is 4.79 Å². The van der Waals surface area contributed by atoms with E-state index in [0.29, 0.717) is 12.5 Å². The summed E-state index contributed by atoms with van der Waals surface area (Å²) in [4.78, 5) is 14.7. The van der Waals surface area contributed by atoms with Crippen molar-refractivity contribution in [2.75, 3.05) is 0 Å². The molecule has 1 aromatic rings. The summed E-state index contributed by atoms with van der Waals surface area (Å²) in [6.45, 7) is 0. The quantitative estimate of drug-likeness (QED) is 0.891. The lowest BCUT2D eigenvalue weighted by Gasteiger charge is -2.29. The molecule has 1 amide bonds. The molecule has 1 aromatic heterocycles. The van der Waals surface area contributed by atoms with Crippen molar-refractivity contribution >= 4 is 5.91 Å². The summed E-state index contributed by atoms with van der Waals surface area (Å²) in [6, 6.07) is 1.38. The Hall–Kier alpha value is -1.83. The van der Waals surface area contributed by atoms with E-state index in [0.717, 1.165) is 25.3 Å². The average molecular weight is 303 g/mol. The number of nitrogens with two attached hydrogens (primary N) is 2. The Bertz CT molecular complexity index is 534. The van der Waals surface area contributed by atoms with Crippen molar-refractivity contribution in [2.24, 2.45) is 11.5 Å². The topological polar surface area (TPSA) is 91.2 Å². The van der Waals surface area contributed by atoms with Crippen molar-refractivity contribution in [3.05, 3.63) is 23.4 Å². The van der Waals surface area contributed by atoms with Crippen molar-refractivity contribution < 1.29 is 22.7 Å². The van der Waals surface area contributed by atoms with Gasteiger partial charge in [0, 0.05) is 6.04 Å². The summed E-state index contributed by atoms with van der Waals surface area (Å²) >= 11 is 0. The Morgan fingerprint density at radius 1 is 1.29 bits per heavy atom. The molecule has 1 aliphatic carbocycles. The van der Waals surface area contributed by atoms with Crippen LogP contribution in [0, 0.1) is 0 Å². The summed E-state index contributed by atoms with van der Waals surface area (Å²) in [6.07, 6.45) is -1.95. The molecule has 0 aliphatic heterocycles. The molecule has 2 atom stereocenters. The molecule has 1 fully saturated rings. The molecule has 2 rings (SSSR count). The van der Waals surface area contributed by atoms with Crippen molar-refractivity contribution in [1.29, 1.82) is 0 Å². The maximum absolute atomic E-state index is 12.7. The van der Waals surface area contributed by atoms with E-state index in [1.807, 2.05) is 0 Å². The molecule has 0 spiro atoms. The van der Waals surface area contributed by atoms with Crippen LogP contribution in [0.5, 0.6) is 5.88 Å². The van der Waals surface area contributed by atoms with Crippen LogP contribution in [0.1, 0.15) is 41.7 Å². The van der Waals surface area contributed by atoms with Gasteiger partial charge in [-0.15, -0.1) is 0 Å². The molecule has 1 aliphatic rings. The van der Waals surface area contributed by atoms with E-state index in [4.69, 9.17) is 16.2 Å². The number of halogens is 3. The molecule has 4 N–H and O–H groups in total. The van der Waals surface area contributed by atoms with Gasteiger partial charge in [-0.1, -0.05) is 6.42 Å². The first kappa shape index (κ1) is 15.6. The summed E-state index contributed by atoms with van der Waals surface area (Å²) in [5, 5.41) is 0. The molecule has 0 radical (unpaired) electrons. The Balaban J connectivity index is 2.32. The lowest BCUT2D eigenvalue weighted by Crippen LogP contribution is -2.41. The number of alkyl halides is 3. The molecular formula is C13H16F3N3O2. The number of amides is 1. The van der Waals surface area contributed by atoms with Crippen LogP contribution in [0.4, 0.5) is 13.2 Å². The van der Waals surface area contributed by atoms with Gasteiger partial charge in [-0.2, -0.15) is 13.2 Å². The predicted molar refractivity (Wildman–Crippen MR) is 68.6 cm³/mol. The second-order valence-electron chi connectivity index (χ2n) is 5.02. The number of rotatable bonds is 3. The first-order valence-corrected chi connectivity index (χ1v) is 6.59. The van der Waals surface area contributed by atoms with Gasteiger partial charge in [0.1, 0.15) is 17.4 Å². The first-order chi connectivity index (χ1) is 9.79. The Labute approximate surface area is 119 Å². The van der Waals surface area contributed by atoms with E-state index in [2.05, 4.69) is 4.98 Å². The summed E-state index contributed by atoms with van der Waals surface area (Å²) in [5.74, 6) is -1.30. The highest BCUT2D eigenvalue weighted by molar-refractivity contribution is 5.95. The van der Waals surface area contributed by atoms with E-state index >= 15 is 0 Å². The smallest absolute Gasteiger partial charge is 0.433 e. The van der Waals surface area contributed by atoms with E-state index in [1.165, 1.54) is 0 Å². The van der Waals surface area contributed by atoms with E-state index in [-0.39, 0.29) is 11.6 Å². The molecule has 0 saturated heterocycles. The Morgan fingerprint density at radius 2 is 1.95 bits per heavy atom. The summed E-state index contributed by atoms with van der Waals surface area (Å²) in [7, 11) is 0. The Kier molecular flexibility index (Phi) is 4.36. The lowest BCUT2D eigenvalue weighted by molar-refractivity contribution is -0.141. The molecule has 0 aromatic carbocycles. The third-order valence-corrected chi connectivity index (χ3v) is 3.43. The number of hydrogen-bond acceptors (Lipinski definition) is 4. The molecule has 1 heterocycles. The molecule has 5 nitrogen and oxygen atoms in total. The van der Waals surface area contributed by atoms with Gasteiger partial charge >= 0.3 is 6.18 Å². The van der Waals surface area contributed by atoms with Gasteiger partial charge < -0.3 is 16.2 Å². The van der Waals surface area contributed by atoms with Crippen LogP contribution in [-0.4, -0.2) is 23.0 Å². The van der Waals surface area contributed by atoms with E-state index in [9.17, 15) is 18.0 Å². The van der Waals surface area contributed by atoms with E-state index < -0.39 is 29.8 Å². The summed E-state index contributed by atoms with van der Waals surface area (Å²) < 4.78 is 43.5. The zero-order valence-electron chi connectivity index (χ0n) is 11.2. The largest absolute Gasteiger partial charge is 0.472 e. The minimum Gasteiger partial charge on any atom is -0.472 e. The fourth-order valence-corrected chi connectivity index (χ4v) is 2.29. The average Bonchev–Trinajstić information content (AvgIpc) is 2.40. The fourth-order valence-electron chi connectivity index (χ4n) is 2.29. The molecule has 1 saturated carbocycles. The maximum Gasteiger partial charge on any atom is 0.433 e. The van der Waals surface area contributed by atoms with Crippen LogP contribution in [0.3, 0.4) is 0 Å². The number of primary amides is 1. The molecule has 21 heavy (non-hydrogen) atoms. The second kappa shape index (κ2) is 5.88. The molecule has 0 bridgehead atoms. The van der Waals surface area contributed by atoms with Crippen molar-refractivity contribution in [3.63, 3.8) is 0 Å². The van der Waals surface area contributed by atoms with Crippen molar-refractivity contribution in [3.8, 4) is 5.88 Å². The number of hydrogen-bond donors (Lipinski definition) is 2. The highest BCUT2D eigenvalue weighted by atomic mass is 19.4. The molecule has 8 heteroatoms. The molecular weight excluding hydrogens is 287 g/mol. The number of carbonyl (C=O) groups excluding carboxylic acids is 1. The first-order valence-electron chi connectivity index (χ1n) is 6.59. The van der Waals surface area contributed by atoms with Crippen LogP contribution in [-0.2, 0) is 6.18 Å². The number of pyridine rings is 1. The van der Waals surface area contributed by atoms with Gasteiger partial charge in [0.25, 0.3) is 5.91 Å². The highest BCUT2D eigenvalue weighted by Crippen LogP contribution is 2.31. The fraction of sp³-hybridized carbons (Fsp3) is 0.538. The number of aromatic nitrogens is 1. The predicted octanol–water partition coefficient (Wildman–Crippen LogP) is 1.85. The third-order valence-electron chi connectivity index (χ3n) is 3.43. The van der Waals surface area contributed by atoms with Crippen LogP contribution in [0.25, 0.3) is 0 Å². The van der Waals surface area contributed by atoms with Crippen LogP contribution < -0.4 is 16.2 Å².